The van der Waals surface area contributed by atoms with Crippen LogP contribution in [0.3, 0.4) is 0 Å². The summed E-state index contributed by atoms with van der Waals surface area (Å²) in [5.41, 5.74) is 0.0866. The number of amides is 1. The molecule has 8 heteroatoms. The SMILES string of the molecule is COC1(C(=O)NCc2ccc(S(=O)(=O)N3CCCC3)cc2)CCNCC1. The maximum Gasteiger partial charge on any atom is 0.252 e. The summed E-state index contributed by atoms with van der Waals surface area (Å²) in [6, 6.07) is 6.74. The van der Waals surface area contributed by atoms with Crippen LogP contribution in [-0.4, -0.2) is 57.5 Å². The van der Waals surface area contributed by atoms with Crippen molar-refractivity contribution < 1.29 is 17.9 Å². The minimum Gasteiger partial charge on any atom is -0.368 e. The average molecular weight is 381 g/mol. The van der Waals surface area contributed by atoms with Crippen molar-refractivity contribution >= 4 is 15.9 Å². The zero-order valence-corrected chi connectivity index (χ0v) is 16.0. The molecule has 2 heterocycles. The van der Waals surface area contributed by atoms with Crippen molar-refractivity contribution in [3.8, 4) is 0 Å². The van der Waals surface area contributed by atoms with E-state index in [1.54, 1.807) is 31.4 Å². The van der Waals surface area contributed by atoms with Gasteiger partial charge in [0.05, 0.1) is 4.90 Å². The standard InChI is InChI=1S/C18H27N3O4S/c1-25-18(8-10-19-11-9-18)17(22)20-14-15-4-6-16(7-5-15)26(23,24)21-12-2-3-13-21/h4-7,19H,2-3,8-14H2,1H3,(H,20,22). The Hall–Kier alpha value is -1.48. The molecule has 2 saturated heterocycles. The number of hydrogen-bond donors (Lipinski definition) is 2. The summed E-state index contributed by atoms with van der Waals surface area (Å²) in [6.07, 6.45) is 3.12. The second-order valence-corrected chi connectivity index (χ2v) is 8.82. The number of piperidine rings is 1. The molecule has 2 fully saturated rings. The summed E-state index contributed by atoms with van der Waals surface area (Å²) in [4.78, 5) is 12.9. The van der Waals surface area contributed by atoms with E-state index in [1.807, 2.05) is 0 Å². The van der Waals surface area contributed by atoms with E-state index >= 15 is 0 Å². The van der Waals surface area contributed by atoms with Gasteiger partial charge in [0.1, 0.15) is 5.60 Å². The molecule has 0 aromatic heterocycles. The first kappa shape index (κ1) is 19.3. The summed E-state index contributed by atoms with van der Waals surface area (Å²) in [6.45, 7) is 3.04. The Balaban J connectivity index is 1.61. The zero-order valence-electron chi connectivity index (χ0n) is 15.2. The van der Waals surface area contributed by atoms with Gasteiger partial charge in [0.25, 0.3) is 5.91 Å². The number of hydrogen-bond acceptors (Lipinski definition) is 5. The largest absolute Gasteiger partial charge is 0.368 e. The van der Waals surface area contributed by atoms with Gasteiger partial charge in [-0.1, -0.05) is 12.1 Å². The zero-order chi connectivity index (χ0) is 18.6. The van der Waals surface area contributed by atoms with E-state index in [9.17, 15) is 13.2 Å². The molecule has 0 unspecified atom stereocenters. The molecule has 0 atom stereocenters. The molecule has 1 aromatic rings. The van der Waals surface area contributed by atoms with E-state index in [0.29, 0.717) is 37.4 Å². The van der Waals surface area contributed by atoms with Gasteiger partial charge >= 0.3 is 0 Å². The van der Waals surface area contributed by atoms with Crippen LogP contribution in [-0.2, 0) is 26.1 Å². The van der Waals surface area contributed by atoms with Gasteiger partial charge in [0.2, 0.25) is 10.0 Å². The molecule has 3 rings (SSSR count). The third-order valence-corrected chi connectivity index (χ3v) is 7.21. The molecule has 26 heavy (non-hydrogen) atoms. The molecule has 1 amide bonds. The third-order valence-electron chi connectivity index (χ3n) is 5.30. The summed E-state index contributed by atoms with van der Waals surface area (Å²) >= 11 is 0. The normalized spacial score (nSPS) is 20.8. The molecule has 0 aliphatic carbocycles. The summed E-state index contributed by atoms with van der Waals surface area (Å²) < 4.78 is 32.1. The molecule has 0 saturated carbocycles. The summed E-state index contributed by atoms with van der Waals surface area (Å²) in [7, 11) is -1.83. The lowest BCUT2D eigenvalue weighted by molar-refractivity contribution is -0.146. The predicted molar refractivity (Wildman–Crippen MR) is 98.1 cm³/mol. The fourth-order valence-electron chi connectivity index (χ4n) is 3.55. The number of sulfonamides is 1. The second-order valence-electron chi connectivity index (χ2n) is 6.89. The van der Waals surface area contributed by atoms with E-state index in [0.717, 1.165) is 31.5 Å². The van der Waals surface area contributed by atoms with Gasteiger partial charge in [-0.15, -0.1) is 0 Å². The quantitative estimate of drug-likeness (QED) is 0.763. The van der Waals surface area contributed by atoms with E-state index in [-0.39, 0.29) is 5.91 Å². The van der Waals surface area contributed by atoms with Crippen LogP contribution >= 0.6 is 0 Å². The molecule has 144 valence electrons. The van der Waals surface area contributed by atoms with Gasteiger partial charge in [0, 0.05) is 26.7 Å². The Bertz CT molecular complexity index is 721. The van der Waals surface area contributed by atoms with Crippen LogP contribution in [0.5, 0.6) is 0 Å². The maximum absolute atomic E-state index is 12.6. The van der Waals surface area contributed by atoms with Crippen molar-refractivity contribution in [1.82, 2.24) is 14.9 Å². The number of ether oxygens (including phenoxy) is 1. The van der Waals surface area contributed by atoms with Gasteiger partial charge < -0.3 is 15.4 Å². The first-order valence-electron chi connectivity index (χ1n) is 9.11. The number of rotatable bonds is 6. The molecule has 1 aromatic carbocycles. The van der Waals surface area contributed by atoms with Gasteiger partial charge in [-0.25, -0.2) is 8.42 Å². The fourth-order valence-corrected chi connectivity index (χ4v) is 5.07. The van der Waals surface area contributed by atoms with Crippen molar-refractivity contribution in [3.63, 3.8) is 0 Å². The highest BCUT2D eigenvalue weighted by Gasteiger charge is 2.39. The van der Waals surface area contributed by atoms with E-state index < -0.39 is 15.6 Å². The molecule has 2 aliphatic heterocycles. The highest BCUT2D eigenvalue weighted by atomic mass is 32.2. The Morgan fingerprint density at radius 3 is 2.38 bits per heavy atom. The van der Waals surface area contributed by atoms with Gasteiger partial charge in [-0.3, -0.25) is 4.79 Å². The van der Waals surface area contributed by atoms with Gasteiger partial charge in [0.15, 0.2) is 0 Å². The number of carbonyl (C=O) groups excluding carboxylic acids is 1. The van der Waals surface area contributed by atoms with Crippen LogP contribution in [0.15, 0.2) is 29.2 Å². The lowest BCUT2D eigenvalue weighted by Crippen LogP contribution is -2.53. The molecule has 2 aliphatic rings. The second kappa shape index (κ2) is 8.04. The van der Waals surface area contributed by atoms with E-state index in [4.69, 9.17) is 4.74 Å². The van der Waals surface area contributed by atoms with Crippen molar-refractivity contribution in [2.45, 2.75) is 42.7 Å². The average Bonchev–Trinajstić information content (AvgIpc) is 3.22. The summed E-state index contributed by atoms with van der Waals surface area (Å²) in [5.74, 6) is -0.115. The van der Waals surface area contributed by atoms with Crippen LogP contribution < -0.4 is 10.6 Å². The number of benzene rings is 1. The van der Waals surface area contributed by atoms with E-state index in [2.05, 4.69) is 10.6 Å². The molecule has 7 nitrogen and oxygen atoms in total. The smallest absolute Gasteiger partial charge is 0.252 e. The van der Waals surface area contributed by atoms with Crippen molar-refractivity contribution in [2.24, 2.45) is 0 Å². The molecular formula is C18H27N3O4S. The van der Waals surface area contributed by atoms with Gasteiger partial charge in [-0.05, 0) is 56.5 Å². The van der Waals surface area contributed by atoms with Crippen LogP contribution in [0.2, 0.25) is 0 Å². The Labute approximate surface area is 155 Å². The Kier molecular flexibility index (Phi) is 5.96. The molecular weight excluding hydrogens is 354 g/mol. The summed E-state index contributed by atoms with van der Waals surface area (Å²) in [5, 5.41) is 6.15. The lowest BCUT2D eigenvalue weighted by atomic mass is 9.91. The molecule has 0 radical (unpaired) electrons. The molecule has 2 N–H and O–H groups in total. The van der Waals surface area contributed by atoms with Crippen LogP contribution in [0.25, 0.3) is 0 Å². The number of carbonyl (C=O) groups is 1. The topological polar surface area (TPSA) is 87.7 Å². The fraction of sp³-hybridized carbons (Fsp3) is 0.611. The number of nitrogens with zero attached hydrogens (tertiary/aromatic N) is 1. The monoisotopic (exact) mass is 381 g/mol. The van der Waals surface area contributed by atoms with Crippen LogP contribution in [0.1, 0.15) is 31.2 Å². The highest BCUT2D eigenvalue weighted by molar-refractivity contribution is 7.89. The number of nitrogens with one attached hydrogen (secondary N) is 2. The van der Waals surface area contributed by atoms with Crippen molar-refractivity contribution in [1.29, 1.82) is 0 Å². The minimum absolute atomic E-state index is 0.115. The number of methoxy groups -OCH3 is 1. The lowest BCUT2D eigenvalue weighted by Gasteiger charge is -2.34. The minimum atomic E-state index is -3.40. The molecule has 0 spiro atoms. The van der Waals surface area contributed by atoms with Crippen LogP contribution in [0, 0.1) is 0 Å². The predicted octanol–water partition coefficient (Wildman–Crippen LogP) is 0.856. The van der Waals surface area contributed by atoms with Crippen molar-refractivity contribution in [2.75, 3.05) is 33.3 Å². The first-order valence-corrected chi connectivity index (χ1v) is 10.6. The molecule has 0 bridgehead atoms. The van der Waals surface area contributed by atoms with Crippen LogP contribution in [0.4, 0.5) is 0 Å². The maximum atomic E-state index is 12.6. The third kappa shape index (κ3) is 3.93. The Morgan fingerprint density at radius 1 is 1.19 bits per heavy atom. The Morgan fingerprint density at radius 2 is 1.81 bits per heavy atom. The van der Waals surface area contributed by atoms with Gasteiger partial charge in [-0.2, -0.15) is 4.31 Å². The highest BCUT2D eigenvalue weighted by Crippen LogP contribution is 2.23. The van der Waals surface area contributed by atoms with Crippen molar-refractivity contribution in [3.05, 3.63) is 29.8 Å². The van der Waals surface area contributed by atoms with E-state index in [1.165, 1.54) is 4.31 Å². The first-order chi connectivity index (χ1) is 12.5.